The molecule has 0 spiro atoms. The summed E-state index contributed by atoms with van der Waals surface area (Å²) in [4.78, 5) is 0. The molecule has 0 N–H and O–H groups in total. The third-order valence-corrected chi connectivity index (χ3v) is 5.90. The molecule has 5 nitrogen and oxygen atoms in total. The van der Waals surface area contributed by atoms with Crippen LogP contribution in [0.5, 0.6) is 17.2 Å². The molecule has 0 aromatic heterocycles. The Morgan fingerprint density at radius 1 is 1.06 bits per heavy atom. The second-order valence-electron chi connectivity index (χ2n) is 7.50. The summed E-state index contributed by atoms with van der Waals surface area (Å²) in [5.41, 5.74) is 4.07. The van der Waals surface area contributed by atoms with Crippen molar-refractivity contribution in [2.24, 2.45) is 5.10 Å². The van der Waals surface area contributed by atoms with E-state index in [0.29, 0.717) is 11.6 Å². The largest absolute Gasteiger partial charge is 0.497 e. The van der Waals surface area contributed by atoms with Gasteiger partial charge in [-0.15, -0.1) is 0 Å². The molecule has 2 aliphatic heterocycles. The van der Waals surface area contributed by atoms with Crippen LogP contribution in [0.25, 0.3) is 0 Å². The average Bonchev–Trinajstić information content (AvgIpc) is 3.25. The lowest BCUT2D eigenvalue weighted by Crippen LogP contribution is -2.34. The van der Waals surface area contributed by atoms with Crippen molar-refractivity contribution >= 4 is 17.3 Å². The van der Waals surface area contributed by atoms with E-state index < -0.39 is 6.23 Å². The van der Waals surface area contributed by atoms with Crippen LogP contribution in [0.4, 0.5) is 0 Å². The Bertz CT molecular complexity index is 1130. The normalized spacial score (nSPS) is 19.2. The van der Waals surface area contributed by atoms with Crippen LogP contribution in [0.1, 0.15) is 42.3 Å². The maximum atomic E-state index is 6.45. The molecule has 158 valence electrons. The van der Waals surface area contributed by atoms with Crippen LogP contribution < -0.4 is 14.2 Å². The first-order chi connectivity index (χ1) is 15.2. The lowest BCUT2D eigenvalue weighted by molar-refractivity contribution is -0.0205. The second kappa shape index (κ2) is 8.16. The van der Waals surface area contributed by atoms with Gasteiger partial charge in [0.1, 0.15) is 17.2 Å². The Kier molecular flexibility index (Phi) is 5.20. The maximum Gasteiger partial charge on any atom is 0.217 e. The fourth-order valence-electron chi connectivity index (χ4n) is 4.19. The Morgan fingerprint density at radius 2 is 1.87 bits per heavy atom. The summed E-state index contributed by atoms with van der Waals surface area (Å²) in [7, 11) is 1.67. The molecule has 0 bridgehead atoms. The number of rotatable bonds is 5. The van der Waals surface area contributed by atoms with Crippen molar-refractivity contribution in [3.63, 3.8) is 0 Å². The molecule has 2 aliphatic rings. The van der Waals surface area contributed by atoms with Crippen LogP contribution in [-0.2, 0) is 0 Å². The minimum atomic E-state index is -0.392. The van der Waals surface area contributed by atoms with E-state index in [1.165, 1.54) is 0 Å². The summed E-state index contributed by atoms with van der Waals surface area (Å²) < 4.78 is 17.6. The van der Waals surface area contributed by atoms with Crippen molar-refractivity contribution in [2.75, 3.05) is 13.7 Å². The molecule has 0 fully saturated rings. The standard InChI is InChI=1S/C25H23ClN2O3/c1-3-30-23-7-5-4-6-19(23)25-28-22(20-14-17(26)10-13-24(20)31-25)15-21(27-28)16-8-11-18(29-2)12-9-16/h4-14,22,25H,3,15H2,1-2H3/t22-,25+/m0/s1. The summed E-state index contributed by atoms with van der Waals surface area (Å²) >= 11 is 6.33. The van der Waals surface area contributed by atoms with Crippen LogP contribution in [-0.4, -0.2) is 24.4 Å². The van der Waals surface area contributed by atoms with Crippen molar-refractivity contribution in [1.29, 1.82) is 0 Å². The van der Waals surface area contributed by atoms with Gasteiger partial charge in [-0.25, -0.2) is 5.01 Å². The molecule has 0 aliphatic carbocycles. The molecule has 0 saturated carbocycles. The summed E-state index contributed by atoms with van der Waals surface area (Å²) in [6, 6.07) is 21.8. The Balaban J connectivity index is 1.59. The number of ether oxygens (including phenoxy) is 3. The van der Waals surface area contributed by atoms with Crippen LogP contribution in [0, 0.1) is 0 Å². The molecule has 0 amide bonds. The van der Waals surface area contributed by atoms with Gasteiger partial charge in [0.25, 0.3) is 0 Å². The lowest BCUT2D eigenvalue weighted by Gasteiger charge is -2.38. The first-order valence-corrected chi connectivity index (χ1v) is 10.7. The number of benzene rings is 3. The Labute approximate surface area is 186 Å². The summed E-state index contributed by atoms with van der Waals surface area (Å²) in [6.07, 6.45) is 0.369. The predicted molar refractivity (Wildman–Crippen MR) is 121 cm³/mol. The molecule has 0 saturated heterocycles. The molecule has 5 rings (SSSR count). The van der Waals surface area contributed by atoms with Crippen molar-refractivity contribution in [2.45, 2.75) is 25.6 Å². The number of hydrogen-bond acceptors (Lipinski definition) is 5. The van der Waals surface area contributed by atoms with Gasteiger partial charge in [-0.05, 0) is 67.1 Å². The molecule has 0 radical (unpaired) electrons. The highest BCUT2D eigenvalue weighted by atomic mass is 35.5. The van der Waals surface area contributed by atoms with Gasteiger partial charge in [0.2, 0.25) is 6.23 Å². The Hall–Kier alpha value is -3.18. The first kappa shape index (κ1) is 19.8. The zero-order chi connectivity index (χ0) is 21.4. The highest BCUT2D eigenvalue weighted by Gasteiger charge is 2.42. The molecule has 0 unspecified atom stereocenters. The van der Waals surface area contributed by atoms with Crippen molar-refractivity contribution in [1.82, 2.24) is 5.01 Å². The highest BCUT2D eigenvalue weighted by Crippen LogP contribution is 2.49. The predicted octanol–water partition coefficient (Wildman–Crippen LogP) is 5.99. The lowest BCUT2D eigenvalue weighted by atomic mass is 9.95. The topological polar surface area (TPSA) is 43.3 Å². The van der Waals surface area contributed by atoms with E-state index in [-0.39, 0.29) is 6.04 Å². The average molecular weight is 435 g/mol. The molecular weight excluding hydrogens is 412 g/mol. The quantitative estimate of drug-likeness (QED) is 0.494. The second-order valence-corrected chi connectivity index (χ2v) is 7.93. The van der Waals surface area contributed by atoms with Crippen LogP contribution in [0.15, 0.2) is 71.8 Å². The van der Waals surface area contributed by atoms with Gasteiger partial charge >= 0.3 is 0 Å². The first-order valence-electron chi connectivity index (χ1n) is 10.4. The van der Waals surface area contributed by atoms with Gasteiger partial charge in [-0.1, -0.05) is 23.7 Å². The van der Waals surface area contributed by atoms with Gasteiger partial charge in [-0.3, -0.25) is 0 Å². The molecule has 31 heavy (non-hydrogen) atoms. The molecule has 2 heterocycles. The fraction of sp³-hybridized carbons (Fsp3) is 0.240. The van der Waals surface area contributed by atoms with Crippen LogP contribution >= 0.6 is 11.6 Å². The van der Waals surface area contributed by atoms with Gasteiger partial charge in [-0.2, -0.15) is 5.10 Å². The van der Waals surface area contributed by atoms with E-state index in [4.69, 9.17) is 30.9 Å². The van der Waals surface area contributed by atoms with Crippen LogP contribution in [0.3, 0.4) is 0 Å². The number of para-hydroxylation sites is 1. The van der Waals surface area contributed by atoms with E-state index in [0.717, 1.165) is 46.1 Å². The Morgan fingerprint density at radius 3 is 2.65 bits per heavy atom. The molecular formula is C25H23ClN2O3. The number of fused-ring (bicyclic) bond motifs is 3. The van der Waals surface area contributed by atoms with Gasteiger partial charge in [0, 0.05) is 17.0 Å². The minimum absolute atomic E-state index is 0.0271. The summed E-state index contributed by atoms with van der Waals surface area (Å²) in [6.45, 7) is 2.56. The van der Waals surface area contributed by atoms with Gasteiger partial charge in [0.05, 0.1) is 31.0 Å². The number of hydrazone groups is 1. The zero-order valence-electron chi connectivity index (χ0n) is 17.4. The minimum Gasteiger partial charge on any atom is -0.497 e. The van der Waals surface area contributed by atoms with E-state index >= 15 is 0 Å². The SMILES string of the molecule is CCOc1ccccc1[C@H]1Oc2ccc(Cl)cc2[C@@H]2CC(c3ccc(OC)cc3)=NN12. The summed E-state index contributed by atoms with van der Waals surface area (Å²) in [5, 5.41) is 7.73. The molecule has 3 aromatic carbocycles. The third kappa shape index (κ3) is 3.59. The van der Waals surface area contributed by atoms with E-state index in [9.17, 15) is 0 Å². The number of methoxy groups -OCH3 is 1. The van der Waals surface area contributed by atoms with Crippen LogP contribution in [0.2, 0.25) is 5.02 Å². The summed E-state index contributed by atoms with van der Waals surface area (Å²) in [5.74, 6) is 2.46. The molecule has 2 atom stereocenters. The smallest absolute Gasteiger partial charge is 0.217 e. The van der Waals surface area contributed by atoms with Crippen molar-refractivity contribution < 1.29 is 14.2 Å². The van der Waals surface area contributed by atoms with Gasteiger partial charge < -0.3 is 14.2 Å². The van der Waals surface area contributed by atoms with E-state index in [1.54, 1.807) is 7.11 Å². The van der Waals surface area contributed by atoms with Gasteiger partial charge in [0.15, 0.2) is 0 Å². The zero-order valence-corrected chi connectivity index (χ0v) is 18.2. The number of hydrogen-bond donors (Lipinski definition) is 0. The van der Waals surface area contributed by atoms with Crippen molar-refractivity contribution in [3.8, 4) is 17.2 Å². The molecule has 6 heteroatoms. The third-order valence-electron chi connectivity index (χ3n) is 5.66. The number of halogens is 1. The van der Waals surface area contributed by atoms with Crippen molar-refractivity contribution in [3.05, 3.63) is 88.4 Å². The maximum absolute atomic E-state index is 6.45. The number of nitrogens with zero attached hydrogens (tertiary/aromatic N) is 2. The monoisotopic (exact) mass is 434 g/mol. The van der Waals surface area contributed by atoms with E-state index in [2.05, 4.69) is 0 Å². The van der Waals surface area contributed by atoms with E-state index in [1.807, 2.05) is 78.7 Å². The molecule has 3 aromatic rings. The fourth-order valence-corrected chi connectivity index (χ4v) is 4.37. The highest BCUT2D eigenvalue weighted by molar-refractivity contribution is 6.30.